The fourth-order valence-corrected chi connectivity index (χ4v) is 4.18. The summed E-state index contributed by atoms with van der Waals surface area (Å²) in [6.07, 6.45) is 4.93. The minimum Gasteiger partial charge on any atom is -0.381 e. The molecule has 0 aromatic carbocycles. The molecule has 0 spiro atoms. The lowest BCUT2D eigenvalue weighted by atomic mass is 10.0. The van der Waals surface area contributed by atoms with Gasteiger partial charge in [-0.25, -0.2) is 0 Å². The van der Waals surface area contributed by atoms with E-state index in [0.29, 0.717) is 12.0 Å². The third kappa shape index (κ3) is 2.68. The maximum absolute atomic E-state index is 6.06. The van der Waals surface area contributed by atoms with Crippen LogP contribution in [0.4, 0.5) is 0 Å². The summed E-state index contributed by atoms with van der Waals surface area (Å²) in [6.45, 7) is 2.96. The van der Waals surface area contributed by atoms with Crippen LogP contribution in [0.5, 0.6) is 0 Å². The first kappa shape index (κ1) is 12.0. The van der Waals surface area contributed by atoms with Gasteiger partial charge >= 0.3 is 0 Å². The van der Waals surface area contributed by atoms with Crippen molar-refractivity contribution in [2.75, 3.05) is 19.8 Å². The fraction of sp³-hybridized carbons (Fsp3) is 0.692. The van der Waals surface area contributed by atoms with Gasteiger partial charge in [-0.3, -0.25) is 0 Å². The van der Waals surface area contributed by atoms with Crippen LogP contribution in [0, 0.1) is 5.92 Å². The van der Waals surface area contributed by atoms with Crippen LogP contribution < -0.4 is 5.32 Å². The first-order chi connectivity index (χ1) is 8.33. The van der Waals surface area contributed by atoms with Crippen molar-refractivity contribution in [3.05, 3.63) is 20.8 Å². The van der Waals surface area contributed by atoms with Gasteiger partial charge in [-0.2, -0.15) is 0 Å². The van der Waals surface area contributed by atoms with Gasteiger partial charge in [0.25, 0.3) is 0 Å². The van der Waals surface area contributed by atoms with Gasteiger partial charge in [0.05, 0.1) is 10.9 Å². The monoisotopic (exact) mass is 271 g/mol. The zero-order valence-electron chi connectivity index (χ0n) is 9.88. The Bertz CT molecular complexity index is 387. The highest BCUT2D eigenvalue weighted by atomic mass is 35.5. The zero-order valence-corrected chi connectivity index (χ0v) is 11.4. The number of halogens is 1. The third-order valence-electron chi connectivity index (χ3n) is 3.75. The Kier molecular flexibility index (Phi) is 3.71. The van der Waals surface area contributed by atoms with E-state index in [1.807, 2.05) is 0 Å². The van der Waals surface area contributed by atoms with E-state index in [1.54, 1.807) is 11.3 Å². The molecule has 1 aromatic rings. The Balaban J connectivity index is 1.56. The molecule has 17 heavy (non-hydrogen) atoms. The Hall–Kier alpha value is -0.0900. The predicted molar refractivity (Wildman–Crippen MR) is 71.9 cm³/mol. The molecule has 0 radical (unpaired) electrons. The quantitative estimate of drug-likeness (QED) is 0.910. The minimum atomic E-state index is 0.524. The SMILES string of the molecule is Clc1cc2c(s1)CCC2NCC1CCCOC1. The standard InChI is InChI=1S/C13H18ClNOS/c14-13-6-10-11(3-4-12(10)17-13)15-7-9-2-1-5-16-8-9/h6,9,11,15H,1-5,7-8H2. The highest BCUT2D eigenvalue weighted by Gasteiger charge is 2.25. The van der Waals surface area contributed by atoms with Crippen molar-refractivity contribution in [3.63, 3.8) is 0 Å². The van der Waals surface area contributed by atoms with Gasteiger partial charge in [0, 0.05) is 24.1 Å². The lowest BCUT2D eigenvalue weighted by Gasteiger charge is -2.24. The van der Waals surface area contributed by atoms with Crippen molar-refractivity contribution in [1.82, 2.24) is 5.32 Å². The number of rotatable bonds is 3. The lowest BCUT2D eigenvalue weighted by Crippen LogP contribution is -2.31. The van der Waals surface area contributed by atoms with Crippen LogP contribution in [0.15, 0.2) is 6.07 Å². The van der Waals surface area contributed by atoms with Gasteiger partial charge in [0.1, 0.15) is 0 Å². The molecule has 1 fully saturated rings. The summed E-state index contributed by atoms with van der Waals surface area (Å²) in [4.78, 5) is 1.48. The van der Waals surface area contributed by atoms with E-state index in [2.05, 4.69) is 11.4 Å². The van der Waals surface area contributed by atoms with Gasteiger partial charge in [-0.1, -0.05) is 11.6 Å². The Morgan fingerprint density at radius 3 is 3.24 bits per heavy atom. The van der Waals surface area contributed by atoms with Crippen LogP contribution in [-0.2, 0) is 11.2 Å². The molecule has 2 nitrogen and oxygen atoms in total. The van der Waals surface area contributed by atoms with Crippen LogP contribution in [0.2, 0.25) is 4.34 Å². The molecule has 1 aliphatic heterocycles. The summed E-state index contributed by atoms with van der Waals surface area (Å²) in [5, 5.41) is 3.69. The van der Waals surface area contributed by atoms with Crippen molar-refractivity contribution < 1.29 is 4.74 Å². The highest BCUT2D eigenvalue weighted by molar-refractivity contribution is 7.16. The second-order valence-electron chi connectivity index (χ2n) is 5.01. The van der Waals surface area contributed by atoms with Crippen LogP contribution in [0.1, 0.15) is 35.7 Å². The zero-order chi connectivity index (χ0) is 11.7. The molecular weight excluding hydrogens is 254 g/mol. The van der Waals surface area contributed by atoms with E-state index in [9.17, 15) is 0 Å². The van der Waals surface area contributed by atoms with Crippen molar-refractivity contribution in [1.29, 1.82) is 0 Å². The molecule has 0 bridgehead atoms. The molecule has 2 heterocycles. The van der Waals surface area contributed by atoms with Crippen molar-refractivity contribution in [3.8, 4) is 0 Å². The second-order valence-corrected chi connectivity index (χ2v) is 6.78. The van der Waals surface area contributed by atoms with Crippen molar-refractivity contribution in [2.45, 2.75) is 31.7 Å². The highest BCUT2D eigenvalue weighted by Crippen LogP contribution is 2.39. The van der Waals surface area contributed by atoms with E-state index >= 15 is 0 Å². The number of thiophene rings is 1. The van der Waals surface area contributed by atoms with Crippen LogP contribution in [0.3, 0.4) is 0 Å². The van der Waals surface area contributed by atoms with Gasteiger partial charge in [-0.05, 0) is 43.2 Å². The number of ether oxygens (including phenoxy) is 1. The lowest BCUT2D eigenvalue weighted by molar-refractivity contribution is 0.0538. The first-order valence-electron chi connectivity index (χ1n) is 6.42. The van der Waals surface area contributed by atoms with Crippen LogP contribution >= 0.6 is 22.9 Å². The largest absolute Gasteiger partial charge is 0.381 e. The molecule has 0 amide bonds. The van der Waals surface area contributed by atoms with Crippen LogP contribution in [0.25, 0.3) is 0 Å². The summed E-state index contributed by atoms with van der Waals surface area (Å²) in [5.74, 6) is 0.696. The molecule has 2 atom stereocenters. The average Bonchev–Trinajstić information content (AvgIpc) is 2.87. The topological polar surface area (TPSA) is 21.3 Å². The Morgan fingerprint density at radius 1 is 1.47 bits per heavy atom. The summed E-state index contributed by atoms with van der Waals surface area (Å²) < 4.78 is 6.44. The maximum Gasteiger partial charge on any atom is 0.0934 e. The molecule has 94 valence electrons. The van der Waals surface area contributed by atoms with Gasteiger partial charge in [-0.15, -0.1) is 11.3 Å². The fourth-order valence-electron chi connectivity index (χ4n) is 2.82. The smallest absolute Gasteiger partial charge is 0.0934 e. The number of fused-ring (bicyclic) bond motifs is 1. The molecule has 3 rings (SSSR count). The molecule has 4 heteroatoms. The molecular formula is C13H18ClNOS. The number of aryl methyl sites for hydroxylation is 1. The summed E-state index contributed by atoms with van der Waals surface area (Å²) in [7, 11) is 0. The summed E-state index contributed by atoms with van der Waals surface area (Å²) in [5.41, 5.74) is 1.44. The minimum absolute atomic E-state index is 0.524. The summed E-state index contributed by atoms with van der Waals surface area (Å²) in [6, 6.07) is 2.67. The van der Waals surface area contributed by atoms with Gasteiger partial charge in [0.2, 0.25) is 0 Å². The normalized spacial score (nSPS) is 28.3. The Labute approximate surface area is 111 Å². The maximum atomic E-state index is 6.06. The third-order valence-corrected chi connectivity index (χ3v) is 5.09. The van der Waals surface area contributed by atoms with Crippen molar-refractivity contribution >= 4 is 22.9 Å². The molecule has 2 aliphatic rings. The average molecular weight is 272 g/mol. The van der Waals surface area contributed by atoms with Crippen LogP contribution in [-0.4, -0.2) is 19.8 Å². The van der Waals surface area contributed by atoms with Gasteiger partial charge in [0.15, 0.2) is 0 Å². The number of hydrogen-bond donors (Lipinski definition) is 1. The predicted octanol–water partition coefficient (Wildman–Crippen LogP) is 3.41. The second kappa shape index (κ2) is 5.27. The first-order valence-corrected chi connectivity index (χ1v) is 7.61. The Morgan fingerprint density at radius 2 is 2.41 bits per heavy atom. The van der Waals surface area contributed by atoms with E-state index in [1.165, 1.54) is 36.1 Å². The summed E-state index contributed by atoms with van der Waals surface area (Å²) >= 11 is 7.81. The van der Waals surface area contributed by atoms with E-state index in [0.717, 1.165) is 24.1 Å². The van der Waals surface area contributed by atoms with E-state index in [-0.39, 0.29) is 0 Å². The van der Waals surface area contributed by atoms with Gasteiger partial charge < -0.3 is 10.1 Å². The molecule has 2 unspecified atom stereocenters. The number of hydrogen-bond acceptors (Lipinski definition) is 3. The molecule has 1 saturated heterocycles. The molecule has 1 N–H and O–H groups in total. The molecule has 0 saturated carbocycles. The van der Waals surface area contributed by atoms with E-state index in [4.69, 9.17) is 16.3 Å². The molecule has 1 aliphatic carbocycles. The number of nitrogens with one attached hydrogen (secondary N) is 1. The van der Waals surface area contributed by atoms with E-state index < -0.39 is 0 Å². The van der Waals surface area contributed by atoms with Crippen molar-refractivity contribution in [2.24, 2.45) is 5.92 Å². The molecule has 1 aromatic heterocycles.